The van der Waals surface area contributed by atoms with Crippen molar-refractivity contribution in [2.45, 2.75) is 57.5 Å². The minimum atomic E-state index is -1.37. The fourth-order valence-electron chi connectivity index (χ4n) is 2.77. The number of rotatable bonds is 8. The predicted octanol–water partition coefficient (Wildman–Crippen LogP) is 4.02. The maximum absolute atomic E-state index is 13.1. The summed E-state index contributed by atoms with van der Waals surface area (Å²) in [5.74, 6) is -1.07. The maximum atomic E-state index is 13.1. The van der Waals surface area contributed by atoms with Gasteiger partial charge in [0.1, 0.15) is 22.8 Å². The molecule has 8 heteroatoms. The molecule has 0 aliphatic carbocycles. The van der Waals surface area contributed by atoms with Gasteiger partial charge in [-0.25, -0.2) is 13.3 Å². The van der Waals surface area contributed by atoms with Gasteiger partial charge in [-0.1, -0.05) is 13.8 Å². The number of benzene rings is 2. The molecule has 3 N–H and O–H groups in total. The summed E-state index contributed by atoms with van der Waals surface area (Å²) in [7, 11) is -1.37. The third kappa shape index (κ3) is 8.22. The van der Waals surface area contributed by atoms with Gasteiger partial charge in [0.05, 0.1) is 4.90 Å². The highest BCUT2D eigenvalue weighted by molar-refractivity contribution is 7.83. The van der Waals surface area contributed by atoms with Crippen LogP contribution in [0.25, 0.3) is 0 Å². The Morgan fingerprint density at radius 1 is 1.00 bits per heavy atom. The summed E-state index contributed by atoms with van der Waals surface area (Å²) < 4.78 is 28.4. The lowest BCUT2D eigenvalue weighted by Gasteiger charge is -2.21. The number of carbonyl (C=O) groups is 2. The van der Waals surface area contributed by atoms with Gasteiger partial charge >= 0.3 is 0 Å². The van der Waals surface area contributed by atoms with E-state index in [2.05, 4.69) is 15.4 Å². The van der Waals surface area contributed by atoms with Crippen molar-refractivity contribution >= 4 is 28.5 Å². The highest BCUT2D eigenvalue weighted by Crippen LogP contribution is 2.15. The van der Waals surface area contributed by atoms with E-state index in [4.69, 9.17) is 0 Å². The number of carbonyl (C=O) groups excluding carboxylic acids is 2. The zero-order valence-electron chi connectivity index (χ0n) is 18.5. The second-order valence-electron chi connectivity index (χ2n) is 8.80. The topological polar surface area (TPSA) is 87.3 Å². The number of hydrogen-bond donors (Lipinski definition) is 3. The van der Waals surface area contributed by atoms with E-state index < -0.39 is 28.8 Å². The van der Waals surface area contributed by atoms with Crippen molar-refractivity contribution in [3.8, 4) is 0 Å². The zero-order chi connectivity index (χ0) is 23.2. The first kappa shape index (κ1) is 24.7. The Labute approximate surface area is 185 Å². The Morgan fingerprint density at radius 3 is 2.10 bits per heavy atom. The molecule has 31 heavy (non-hydrogen) atoms. The van der Waals surface area contributed by atoms with Crippen molar-refractivity contribution in [3.63, 3.8) is 0 Å². The van der Waals surface area contributed by atoms with Gasteiger partial charge in [-0.2, -0.15) is 0 Å². The molecule has 6 nitrogen and oxygen atoms in total. The summed E-state index contributed by atoms with van der Waals surface area (Å²) in [6.07, 6.45) is 0.441. The Bertz CT molecular complexity index is 923. The molecule has 0 aromatic heterocycles. The standard InChI is InChI=1S/C23H30FN3O3S/c1-15(2)14-20(26-21(28)16-6-8-17(24)9-7-16)22(29)25-18-10-12-19(13-11-18)31(30)27-23(3,4)5/h6-13,15,20,27H,14H2,1-5H3,(H,25,29)(H,26,28). The van der Waals surface area contributed by atoms with Gasteiger partial charge in [0, 0.05) is 16.8 Å². The fraction of sp³-hybridized carbons (Fsp3) is 0.391. The minimum absolute atomic E-state index is 0.164. The molecule has 0 aliphatic rings. The molecule has 0 saturated carbocycles. The van der Waals surface area contributed by atoms with E-state index in [1.54, 1.807) is 24.3 Å². The summed E-state index contributed by atoms with van der Waals surface area (Å²) in [5, 5.41) is 5.52. The molecule has 0 spiro atoms. The average Bonchev–Trinajstić information content (AvgIpc) is 2.66. The van der Waals surface area contributed by atoms with Crippen LogP contribution >= 0.6 is 0 Å². The first-order chi connectivity index (χ1) is 14.4. The third-order valence-corrected chi connectivity index (χ3v) is 5.67. The third-order valence-electron chi connectivity index (χ3n) is 4.17. The Kier molecular flexibility index (Phi) is 8.47. The molecule has 2 amide bonds. The largest absolute Gasteiger partial charge is 0.340 e. The molecule has 2 aromatic carbocycles. The molecule has 2 rings (SSSR count). The fourth-order valence-corrected chi connectivity index (χ4v) is 3.83. The molecule has 0 heterocycles. The SMILES string of the molecule is CC(C)CC(NC(=O)c1ccc(F)cc1)C(=O)Nc1ccc(S(=O)NC(C)(C)C)cc1. The van der Waals surface area contributed by atoms with Crippen LogP contribution in [0.2, 0.25) is 0 Å². The lowest BCUT2D eigenvalue weighted by molar-refractivity contribution is -0.118. The average molecular weight is 448 g/mol. The maximum Gasteiger partial charge on any atom is 0.251 e. The number of hydrogen-bond acceptors (Lipinski definition) is 3. The highest BCUT2D eigenvalue weighted by Gasteiger charge is 2.23. The van der Waals surface area contributed by atoms with Crippen LogP contribution in [0.4, 0.5) is 10.1 Å². The summed E-state index contributed by atoms with van der Waals surface area (Å²) in [6.45, 7) is 9.69. The molecule has 0 fully saturated rings. The Morgan fingerprint density at radius 2 is 1.58 bits per heavy atom. The van der Waals surface area contributed by atoms with Crippen LogP contribution in [0, 0.1) is 11.7 Å². The van der Waals surface area contributed by atoms with Gasteiger partial charge in [0.15, 0.2) is 0 Å². The van der Waals surface area contributed by atoms with Gasteiger partial charge in [-0.3, -0.25) is 9.59 Å². The van der Waals surface area contributed by atoms with Crippen LogP contribution in [0.5, 0.6) is 0 Å². The molecule has 0 saturated heterocycles. The van der Waals surface area contributed by atoms with Crippen molar-refractivity contribution in [1.29, 1.82) is 0 Å². The summed E-state index contributed by atoms with van der Waals surface area (Å²) in [5.41, 5.74) is 0.511. The van der Waals surface area contributed by atoms with Crippen molar-refractivity contribution < 1.29 is 18.2 Å². The van der Waals surface area contributed by atoms with E-state index in [0.717, 1.165) is 0 Å². The number of halogens is 1. The minimum Gasteiger partial charge on any atom is -0.340 e. The molecule has 0 radical (unpaired) electrons. The Balaban J connectivity index is 2.07. The van der Waals surface area contributed by atoms with E-state index in [0.29, 0.717) is 17.0 Å². The monoisotopic (exact) mass is 447 g/mol. The van der Waals surface area contributed by atoms with E-state index in [1.807, 2.05) is 34.6 Å². The van der Waals surface area contributed by atoms with Crippen molar-refractivity contribution in [2.24, 2.45) is 5.92 Å². The van der Waals surface area contributed by atoms with Crippen LogP contribution in [-0.4, -0.2) is 27.6 Å². The van der Waals surface area contributed by atoms with Gasteiger partial charge in [0.2, 0.25) is 5.91 Å². The number of amides is 2. The zero-order valence-corrected chi connectivity index (χ0v) is 19.3. The second-order valence-corrected chi connectivity index (χ2v) is 10.0. The van der Waals surface area contributed by atoms with Crippen LogP contribution in [-0.2, 0) is 15.8 Å². The molecule has 168 valence electrons. The lowest BCUT2D eigenvalue weighted by atomic mass is 10.0. The van der Waals surface area contributed by atoms with Crippen LogP contribution in [0.15, 0.2) is 53.4 Å². The molecule has 0 bridgehead atoms. The molecule has 0 aliphatic heterocycles. The van der Waals surface area contributed by atoms with E-state index in [9.17, 15) is 18.2 Å². The van der Waals surface area contributed by atoms with E-state index >= 15 is 0 Å². The summed E-state index contributed by atoms with van der Waals surface area (Å²) in [4.78, 5) is 25.9. The van der Waals surface area contributed by atoms with Crippen LogP contribution in [0.1, 0.15) is 51.4 Å². The molecular formula is C23H30FN3O3S. The van der Waals surface area contributed by atoms with E-state index in [1.165, 1.54) is 24.3 Å². The summed E-state index contributed by atoms with van der Waals surface area (Å²) >= 11 is 0. The number of anilines is 1. The van der Waals surface area contributed by atoms with Crippen molar-refractivity contribution in [1.82, 2.24) is 10.0 Å². The quantitative estimate of drug-likeness (QED) is 0.571. The molecule has 2 atom stereocenters. The summed E-state index contributed by atoms with van der Waals surface area (Å²) in [6, 6.07) is 11.1. The second kappa shape index (κ2) is 10.6. The lowest BCUT2D eigenvalue weighted by Crippen LogP contribution is -2.44. The molecule has 2 aromatic rings. The van der Waals surface area contributed by atoms with Crippen molar-refractivity contribution in [3.05, 3.63) is 59.9 Å². The predicted molar refractivity (Wildman–Crippen MR) is 121 cm³/mol. The molecular weight excluding hydrogens is 417 g/mol. The van der Waals surface area contributed by atoms with Crippen LogP contribution < -0.4 is 15.4 Å². The highest BCUT2D eigenvalue weighted by atomic mass is 32.2. The van der Waals surface area contributed by atoms with Crippen molar-refractivity contribution in [2.75, 3.05) is 5.32 Å². The first-order valence-electron chi connectivity index (χ1n) is 10.1. The van der Waals surface area contributed by atoms with Crippen LogP contribution in [0.3, 0.4) is 0 Å². The number of nitrogens with one attached hydrogen (secondary N) is 3. The van der Waals surface area contributed by atoms with E-state index in [-0.39, 0.29) is 22.9 Å². The van der Waals surface area contributed by atoms with Gasteiger partial charge in [-0.05, 0) is 81.6 Å². The Hall–Kier alpha value is -2.58. The van der Waals surface area contributed by atoms with Gasteiger partial charge in [0.25, 0.3) is 5.91 Å². The van der Waals surface area contributed by atoms with Gasteiger partial charge in [-0.15, -0.1) is 0 Å². The smallest absolute Gasteiger partial charge is 0.251 e. The normalized spacial score (nSPS) is 13.5. The first-order valence-corrected chi connectivity index (χ1v) is 11.3. The molecule has 2 unspecified atom stereocenters. The van der Waals surface area contributed by atoms with Gasteiger partial charge < -0.3 is 10.6 Å².